The Balaban J connectivity index is 1.77. The lowest BCUT2D eigenvalue weighted by Gasteiger charge is -2.14. The summed E-state index contributed by atoms with van der Waals surface area (Å²) < 4.78 is 31.7. The number of hydrogen-bond donors (Lipinski definition) is 0. The van der Waals surface area contributed by atoms with Crippen molar-refractivity contribution in [1.82, 2.24) is 9.55 Å². The van der Waals surface area contributed by atoms with Gasteiger partial charge in [0, 0.05) is 11.6 Å². The lowest BCUT2D eigenvalue weighted by atomic mass is 10.1. The molecule has 0 fully saturated rings. The Morgan fingerprint density at radius 3 is 2.19 bits per heavy atom. The third-order valence-electron chi connectivity index (χ3n) is 6.07. The van der Waals surface area contributed by atoms with Crippen molar-refractivity contribution in [2.75, 3.05) is 21.3 Å². The zero-order valence-corrected chi connectivity index (χ0v) is 21.0. The van der Waals surface area contributed by atoms with Crippen molar-refractivity contribution in [2.45, 2.75) is 0 Å². The van der Waals surface area contributed by atoms with Gasteiger partial charge in [-0.2, -0.15) is 0 Å². The van der Waals surface area contributed by atoms with Gasteiger partial charge in [-0.15, -0.1) is 0 Å². The second-order valence-corrected chi connectivity index (χ2v) is 8.62. The second-order valence-electron chi connectivity index (χ2n) is 8.21. The second kappa shape index (κ2) is 9.95. The number of halogens is 2. The van der Waals surface area contributed by atoms with Gasteiger partial charge in [0.05, 0.1) is 42.9 Å². The van der Waals surface area contributed by atoms with E-state index < -0.39 is 5.82 Å². The van der Waals surface area contributed by atoms with Gasteiger partial charge in [-0.1, -0.05) is 35.9 Å². The van der Waals surface area contributed by atoms with Crippen molar-refractivity contribution < 1.29 is 18.6 Å². The van der Waals surface area contributed by atoms with Crippen molar-refractivity contribution in [3.63, 3.8) is 0 Å². The Labute approximate surface area is 217 Å². The highest BCUT2D eigenvalue weighted by atomic mass is 35.5. The highest BCUT2D eigenvalue weighted by Gasteiger charge is 2.15. The minimum atomic E-state index is -0.578. The van der Waals surface area contributed by atoms with E-state index in [9.17, 15) is 9.18 Å². The van der Waals surface area contributed by atoms with Crippen LogP contribution in [0.4, 0.5) is 4.39 Å². The molecule has 186 valence electrons. The fraction of sp³-hybridized carbons (Fsp3) is 0.103. The SMILES string of the molecule is COc1cc(OC)c(OC)cc1/C=C/c1nc2cc3ccccc3cc2c(=O)n1-c1ccc(F)c(Cl)c1. The van der Waals surface area contributed by atoms with Gasteiger partial charge in [0.25, 0.3) is 5.56 Å². The molecule has 0 unspecified atom stereocenters. The molecule has 0 amide bonds. The summed E-state index contributed by atoms with van der Waals surface area (Å²) in [4.78, 5) is 18.6. The Hall–Kier alpha value is -4.36. The van der Waals surface area contributed by atoms with Crippen LogP contribution in [0.1, 0.15) is 11.4 Å². The number of methoxy groups -OCH3 is 3. The van der Waals surface area contributed by atoms with E-state index in [4.69, 9.17) is 30.8 Å². The third-order valence-corrected chi connectivity index (χ3v) is 6.36. The fourth-order valence-electron chi connectivity index (χ4n) is 4.22. The van der Waals surface area contributed by atoms with Crippen LogP contribution < -0.4 is 19.8 Å². The molecular formula is C29H22ClFN2O4. The summed E-state index contributed by atoms with van der Waals surface area (Å²) in [6.07, 6.45) is 3.45. The van der Waals surface area contributed by atoms with E-state index in [1.54, 1.807) is 45.6 Å². The predicted octanol–water partition coefficient (Wildman–Crippen LogP) is 6.53. The molecule has 5 aromatic rings. The summed E-state index contributed by atoms with van der Waals surface area (Å²) in [5.74, 6) is 1.32. The third kappa shape index (κ3) is 4.49. The fourth-order valence-corrected chi connectivity index (χ4v) is 4.40. The van der Waals surface area contributed by atoms with E-state index in [0.717, 1.165) is 10.8 Å². The van der Waals surface area contributed by atoms with Crippen molar-refractivity contribution >= 4 is 45.4 Å². The van der Waals surface area contributed by atoms with Gasteiger partial charge in [-0.25, -0.2) is 9.37 Å². The van der Waals surface area contributed by atoms with E-state index >= 15 is 0 Å². The minimum absolute atomic E-state index is 0.0977. The van der Waals surface area contributed by atoms with E-state index in [2.05, 4.69) is 0 Å². The first-order valence-electron chi connectivity index (χ1n) is 11.3. The number of ether oxygens (including phenoxy) is 3. The van der Waals surface area contributed by atoms with Crippen LogP contribution in [0.15, 0.2) is 71.5 Å². The first-order valence-corrected chi connectivity index (χ1v) is 11.7. The Morgan fingerprint density at radius 2 is 1.51 bits per heavy atom. The molecule has 4 aromatic carbocycles. The lowest BCUT2D eigenvalue weighted by molar-refractivity contribution is 0.348. The molecule has 0 radical (unpaired) electrons. The standard InChI is InChI=1S/C29H22ClFN2O4/c1-35-25-16-27(37-3)26(36-2)14-19(25)8-11-28-32-24-13-18-7-5-4-6-17(18)12-21(24)29(34)33(28)20-9-10-23(31)22(30)15-20/h4-16H,1-3H3/b11-8+. The highest BCUT2D eigenvalue weighted by molar-refractivity contribution is 6.30. The molecule has 37 heavy (non-hydrogen) atoms. The van der Waals surface area contributed by atoms with E-state index in [0.29, 0.717) is 45.2 Å². The summed E-state index contributed by atoms with van der Waals surface area (Å²) in [5.41, 5.74) is 1.29. The molecular weight excluding hydrogens is 495 g/mol. The molecule has 0 N–H and O–H groups in total. The molecule has 0 aliphatic carbocycles. The molecule has 0 saturated heterocycles. The maximum absolute atomic E-state index is 13.9. The number of rotatable bonds is 6. The van der Waals surface area contributed by atoms with Gasteiger partial charge < -0.3 is 14.2 Å². The molecule has 1 heterocycles. The Kier molecular flexibility index (Phi) is 6.54. The van der Waals surface area contributed by atoms with Crippen LogP contribution in [0.2, 0.25) is 5.02 Å². The van der Waals surface area contributed by atoms with Crippen LogP contribution in [0.25, 0.3) is 39.5 Å². The average Bonchev–Trinajstić information content (AvgIpc) is 2.92. The monoisotopic (exact) mass is 516 g/mol. The van der Waals surface area contributed by atoms with Crippen molar-refractivity contribution in [1.29, 1.82) is 0 Å². The molecule has 8 heteroatoms. The maximum atomic E-state index is 13.9. The summed E-state index contributed by atoms with van der Waals surface area (Å²) in [7, 11) is 4.64. The normalized spacial score (nSPS) is 11.4. The van der Waals surface area contributed by atoms with Crippen molar-refractivity contribution in [3.8, 4) is 22.9 Å². The van der Waals surface area contributed by atoms with E-state index in [1.807, 2.05) is 36.4 Å². The number of hydrogen-bond acceptors (Lipinski definition) is 5. The van der Waals surface area contributed by atoms with Crippen LogP contribution >= 0.6 is 11.6 Å². The lowest BCUT2D eigenvalue weighted by Crippen LogP contribution is -2.22. The van der Waals surface area contributed by atoms with Crippen LogP contribution in [-0.2, 0) is 0 Å². The zero-order chi connectivity index (χ0) is 26.1. The number of fused-ring (bicyclic) bond motifs is 2. The highest BCUT2D eigenvalue weighted by Crippen LogP contribution is 2.35. The molecule has 0 spiro atoms. The Morgan fingerprint density at radius 1 is 0.838 bits per heavy atom. The molecule has 0 aliphatic rings. The molecule has 0 bridgehead atoms. The van der Waals surface area contributed by atoms with Crippen LogP contribution in [-0.4, -0.2) is 30.9 Å². The minimum Gasteiger partial charge on any atom is -0.496 e. The molecule has 1 aromatic heterocycles. The van der Waals surface area contributed by atoms with Gasteiger partial charge in [-0.3, -0.25) is 9.36 Å². The van der Waals surface area contributed by atoms with Crippen LogP contribution in [0, 0.1) is 5.82 Å². The first kappa shape index (κ1) is 24.3. The largest absolute Gasteiger partial charge is 0.496 e. The maximum Gasteiger partial charge on any atom is 0.266 e. The molecule has 0 atom stereocenters. The number of nitrogens with zero attached hydrogens (tertiary/aromatic N) is 2. The van der Waals surface area contributed by atoms with E-state index in [1.165, 1.54) is 22.8 Å². The summed E-state index contributed by atoms with van der Waals surface area (Å²) in [5, 5.41) is 2.21. The number of benzene rings is 4. The first-order chi connectivity index (χ1) is 17.9. The smallest absolute Gasteiger partial charge is 0.266 e. The quantitative estimate of drug-likeness (QED) is 0.240. The van der Waals surface area contributed by atoms with E-state index in [-0.39, 0.29) is 10.6 Å². The topological polar surface area (TPSA) is 62.6 Å². The van der Waals surface area contributed by atoms with Crippen LogP contribution in [0.5, 0.6) is 17.2 Å². The summed E-state index contributed by atoms with van der Waals surface area (Å²) in [6, 6.07) is 19.0. The summed E-state index contributed by atoms with van der Waals surface area (Å²) >= 11 is 6.07. The number of aromatic nitrogens is 2. The molecule has 5 rings (SSSR count). The molecule has 0 aliphatic heterocycles. The Bertz CT molecular complexity index is 1750. The van der Waals surface area contributed by atoms with Gasteiger partial charge in [0.2, 0.25) is 0 Å². The van der Waals surface area contributed by atoms with Gasteiger partial charge in [0.1, 0.15) is 17.4 Å². The van der Waals surface area contributed by atoms with Crippen molar-refractivity contribution in [3.05, 3.63) is 99.3 Å². The molecule has 6 nitrogen and oxygen atoms in total. The van der Waals surface area contributed by atoms with Gasteiger partial charge >= 0.3 is 0 Å². The zero-order valence-electron chi connectivity index (χ0n) is 20.3. The van der Waals surface area contributed by atoms with Crippen molar-refractivity contribution in [2.24, 2.45) is 0 Å². The van der Waals surface area contributed by atoms with Gasteiger partial charge in [-0.05, 0) is 59.3 Å². The van der Waals surface area contributed by atoms with Crippen LogP contribution in [0.3, 0.4) is 0 Å². The average molecular weight is 517 g/mol. The predicted molar refractivity (Wildman–Crippen MR) is 145 cm³/mol. The van der Waals surface area contributed by atoms with Gasteiger partial charge in [0.15, 0.2) is 11.5 Å². The molecule has 0 saturated carbocycles. The summed E-state index contributed by atoms with van der Waals surface area (Å²) in [6.45, 7) is 0.